The van der Waals surface area contributed by atoms with E-state index in [2.05, 4.69) is 10.6 Å². The molecule has 3 saturated carbocycles. The molecule has 1 heterocycles. The van der Waals surface area contributed by atoms with E-state index in [4.69, 9.17) is 9.72 Å². The lowest BCUT2D eigenvalue weighted by atomic mass is 9.65. The molecule has 32 heavy (non-hydrogen) atoms. The number of nitrogens with zero attached hydrogens (tertiary/aromatic N) is 3. The maximum absolute atomic E-state index is 12.5. The van der Waals surface area contributed by atoms with Gasteiger partial charge in [-0.05, 0) is 75.7 Å². The van der Waals surface area contributed by atoms with Crippen molar-refractivity contribution in [3.05, 3.63) is 53.1 Å². The van der Waals surface area contributed by atoms with Gasteiger partial charge in [-0.15, -0.1) is 0 Å². The van der Waals surface area contributed by atoms with Crippen LogP contribution in [0.1, 0.15) is 74.1 Å². The molecule has 0 aliphatic heterocycles. The third kappa shape index (κ3) is 3.73. The molecular formula is C26H31N3O3. The quantitative estimate of drug-likeness (QED) is 0.652. The van der Waals surface area contributed by atoms with Crippen LogP contribution in [0.15, 0.2) is 30.3 Å². The summed E-state index contributed by atoms with van der Waals surface area (Å²) in [6.07, 6.45) is 6.93. The molecular weight excluding hydrogens is 402 g/mol. The Balaban J connectivity index is 1.52. The minimum absolute atomic E-state index is 0.494. The summed E-state index contributed by atoms with van der Waals surface area (Å²) in [5, 5.41) is 20.1. The second-order valence-electron chi connectivity index (χ2n) is 10.0. The predicted octanol–water partition coefficient (Wildman–Crippen LogP) is 4.69. The molecule has 0 saturated heterocycles. The second-order valence-corrected chi connectivity index (χ2v) is 10.0. The van der Waals surface area contributed by atoms with Gasteiger partial charge in [0, 0.05) is 6.54 Å². The van der Waals surface area contributed by atoms with E-state index in [1.54, 1.807) is 0 Å². The fraction of sp³-hybridized carbons (Fsp3) is 0.577. The van der Waals surface area contributed by atoms with E-state index in [1.165, 1.54) is 25.7 Å². The number of rotatable bonds is 8. The number of hydrogen-bond acceptors (Lipinski definition) is 4. The Morgan fingerprint density at radius 1 is 1.16 bits per heavy atom. The van der Waals surface area contributed by atoms with Crippen molar-refractivity contribution in [2.45, 2.75) is 75.9 Å². The lowest BCUT2D eigenvalue weighted by molar-refractivity contribution is -0.151. The summed E-state index contributed by atoms with van der Waals surface area (Å²) in [5.74, 6) is 1.26. The van der Waals surface area contributed by atoms with Gasteiger partial charge < -0.3 is 14.4 Å². The van der Waals surface area contributed by atoms with Crippen molar-refractivity contribution in [2.24, 2.45) is 11.8 Å². The number of ether oxygens (including phenoxy) is 1. The molecule has 0 amide bonds. The predicted molar refractivity (Wildman–Crippen MR) is 119 cm³/mol. The Bertz CT molecular complexity index is 1040. The zero-order valence-corrected chi connectivity index (χ0v) is 18.7. The van der Waals surface area contributed by atoms with Crippen LogP contribution in [-0.2, 0) is 27.1 Å². The fourth-order valence-corrected chi connectivity index (χ4v) is 5.26. The van der Waals surface area contributed by atoms with Crippen molar-refractivity contribution >= 4 is 5.97 Å². The molecule has 0 bridgehead atoms. The molecule has 1 N–H and O–H groups in total. The van der Waals surface area contributed by atoms with Crippen molar-refractivity contribution in [3.8, 4) is 6.07 Å². The highest BCUT2D eigenvalue weighted by molar-refractivity contribution is 5.81. The largest absolute Gasteiger partial charge is 0.481 e. The molecule has 6 heteroatoms. The van der Waals surface area contributed by atoms with Crippen LogP contribution in [0.3, 0.4) is 0 Å². The van der Waals surface area contributed by atoms with Crippen LogP contribution in [-0.4, -0.2) is 27.2 Å². The van der Waals surface area contributed by atoms with Gasteiger partial charge in [0.1, 0.15) is 23.2 Å². The van der Waals surface area contributed by atoms with Crippen LogP contribution in [0.2, 0.25) is 0 Å². The highest BCUT2D eigenvalue weighted by atomic mass is 16.5. The van der Waals surface area contributed by atoms with Gasteiger partial charge in [-0.1, -0.05) is 30.3 Å². The minimum atomic E-state index is -0.908. The molecule has 3 aliphatic carbocycles. The molecule has 0 radical (unpaired) electrons. The number of aromatic nitrogens is 2. The van der Waals surface area contributed by atoms with Crippen molar-refractivity contribution in [1.82, 2.24) is 9.55 Å². The van der Waals surface area contributed by atoms with Gasteiger partial charge in [-0.3, -0.25) is 4.79 Å². The van der Waals surface area contributed by atoms with E-state index in [1.807, 2.05) is 37.3 Å². The van der Waals surface area contributed by atoms with Gasteiger partial charge in [0.2, 0.25) is 0 Å². The van der Waals surface area contributed by atoms with Crippen molar-refractivity contribution in [2.75, 3.05) is 6.61 Å². The zero-order valence-electron chi connectivity index (χ0n) is 18.7. The third-order valence-corrected chi connectivity index (χ3v) is 7.73. The summed E-state index contributed by atoms with van der Waals surface area (Å²) in [6, 6.07) is 12.0. The number of nitriles is 1. The molecule has 3 fully saturated rings. The zero-order chi connectivity index (χ0) is 22.3. The average molecular weight is 434 g/mol. The smallest absolute Gasteiger partial charge is 0.314 e. The number of aryl methyl sites for hydroxylation is 1. The number of benzene rings is 1. The fourth-order valence-electron chi connectivity index (χ4n) is 5.26. The molecule has 168 valence electrons. The molecule has 0 spiro atoms. The van der Waals surface area contributed by atoms with Gasteiger partial charge >= 0.3 is 5.97 Å². The maximum atomic E-state index is 12.5. The topological polar surface area (TPSA) is 88.1 Å². The number of carbonyl (C=O) groups is 1. The second kappa shape index (κ2) is 8.04. The van der Waals surface area contributed by atoms with Crippen molar-refractivity contribution in [3.63, 3.8) is 0 Å². The van der Waals surface area contributed by atoms with E-state index in [-0.39, 0.29) is 0 Å². The lowest BCUT2D eigenvalue weighted by Gasteiger charge is -2.44. The summed E-state index contributed by atoms with van der Waals surface area (Å²) >= 11 is 0. The Morgan fingerprint density at radius 2 is 1.81 bits per heavy atom. The first-order valence-corrected chi connectivity index (χ1v) is 11.9. The molecule has 3 aliphatic rings. The van der Waals surface area contributed by atoms with Crippen LogP contribution < -0.4 is 0 Å². The van der Waals surface area contributed by atoms with Crippen LogP contribution in [0, 0.1) is 30.1 Å². The Labute approximate surface area is 189 Å². The first-order valence-electron chi connectivity index (χ1n) is 11.9. The summed E-state index contributed by atoms with van der Waals surface area (Å²) in [7, 11) is 0. The van der Waals surface area contributed by atoms with E-state index >= 15 is 0 Å². The van der Waals surface area contributed by atoms with Crippen LogP contribution in [0.5, 0.6) is 0 Å². The monoisotopic (exact) mass is 433 g/mol. The first kappa shape index (κ1) is 21.2. The number of carboxylic acids is 1. The number of carboxylic acid groups (broad SMARTS) is 1. The first-order chi connectivity index (χ1) is 15.5. The standard InChI is InChI=1S/C26H31N3O3/c1-18-22(15-27)29(16-19-7-8-19)23(28-18)26(32-17-20-9-10-20)13-11-25(12-14-26,24(30)31)21-5-3-2-4-6-21/h2-6,19-20H,7-14,16-17H2,1H3,(H,30,31)/t25-,26+. The van der Waals surface area contributed by atoms with E-state index in [0.717, 1.165) is 23.6 Å². The molecule has 0 atom stereocenters. The van der Waals surface area contributed by atoms with E-state index in [0.29, 0.717) is 49.8 Å². The van der Waals surface area contributed by atoms with Gasteiger partial charge in [0.15, 0.2) is 0 Å². The highest BCUT2D eigenvalue weighted by Crippen LogP contribution is 2.50. The molecule has 1 aromatic heterocycles. The Morgan fingerprint density at radius 3 is 2.38 bits per heavy atom. The summed E-state index contributed by atoms with van der Waals surface area (Å²) in [6.45, 7) is 3.38. The average Bonchev–Trinajstić information content (AvgIpc) is 3.73. The van der Waals surface area contributed by atoms with Crippen molar-refractivity contribution in [1.29, 1.82) is 5.26 Å². The van der Waals surface area contributed by atoms with E-state index < -0.39 is 17.0 Å². The molecule has 6 nitrogen and oxygen atoms in total. The molecule has 1 aromatic carbocycles. The summed E-state index contributed by atoms with van der Waals surface area (Å²) in [4.78, 5) is 17.4. The summed E-state index contributed by atoms with van der Waals surface area (Å²) in [5.41, 5.74) is 0.688. The summed E-state index contributed by atoms with van der Waals surface area (Å²) < 4.78 is 8.75. The number of hydrogen-bond donors (Lipinski definition) is 1. The van der Waals surface area contributed by atoms with Crippen LogP contribution >= 0.6 is 0 Å². The van der Waals surface area contributed by atoms with E-state index in [9.17, 15) is 15.2 Å². The third-order valence-electron chi connectivity index (χ3n) is 7.73. The van der Waals surface area contributed by atoms with Gasteiger partial charge in [0.05, 0.1) is 17.7 Å². The molecule has 5 rings (SSSR count). The molecule has 2 aromatic rings. The highest BCUT2D eigenvalue weighted by Gasteiger charge is 2.52. The Kier molecular flexibility index (Phi) is 5.33. The normalized spacial score (nSPS) is 27.8. The SMILES string of the molecule is Cc1nc([C@]2(OCC3CC3)CC[C@](C(=O)O)(c3ccccc3)CC2)n(CC2CC2)c1C#N. The van der Waals surface area contributed by atoms with Crippen molar-refractivity contribution < 1.29 is 14.6 Å². The van der Waals surface area contributed by atoms with Crippen LogP contribution in [0.4, 0.5) is 0 Å². The van der Waals surface area contributed by atoms with Gasteiger partial charge in [-0.2, -0.15) is 5.26 Å². The Hall–Kier alpha value is -2.65. The van der Waals surface area contributed by atoms with Gasteiger partial charge in [0.25, 0.3) is 0 Å². The minimum Gasteiger partial charge on any atom is -0.481 e. The molecule has 0 unspecified atom stereocenters. The maximum Gasteiger partial charge on any atom is 0.314 e. The lowest BCUT2D eigenvalue weighted by Crippen LogP contribution is -2.47. The van der Waals surface area contributed by atoms with Gasteiger partial charge in [-0.25, -0.2) is 4.98 Å². The van der Waals surface area contributed by atoms with Crippen LogP contribution in [0.25, 0.3) is 0 Å². The number of imidazole rings is 1. The number of aliphatic carboxylic acids is 1.